The molecule has 0 atom stereocenters. The standard InChI is InChI=1S/C12H19N5S/c1-12(2,13)7-6-9-16-17-10(8-4-3-5-8)14-15-11(17)18-9/h8H,3-7,13H2,1-2H3. The number of aromatic nitrogens is 4. The molecular formula is C12H19N5S. The molecule has 1 saturated carbocycles. The summed E-state index contributed by atoms with van der Waals surface area (Å²) in [5, 5.41) is 14.2. The van der Waals surface area contributed by atoms with Gasteiger partial charge in [0.05, 0.1) is 0 Å². The summed E-state index contributed by atoms with van der Waals surface area (Å²) in [4.78, 5) is 0.918. The molecule has 98 valence electrons. The molecule has 2 heterocycles. The molecule has 2 aromatic heterocycles. The molecule has 3 rings (SSSR count). The molecule has 1 fully saturated rings. The predicted octanol–water partition coefficient (Wildman–Crippen LogP) is 2.12. The second kappa shape index (κ2) is 4.28. The first-order valence-electron chi connectivity index (χ1n) is 6.53. The summed E-state index contributed by atoms with van der Waals surface area (Å²) >= 11 is 1.63. The molecule has 0 amide bonds. The predicted molar refractivity (Wildman–Crippen MR) is 71.8 cm³/mol. The minimum absolute atomic E-state index is 0.136. The van der Waals surface area contributed by atoms with Crippen LogP contribution in [-0.2, 0) is 6.42 Å². The quantitative estimate of drug-likeness (QED) is 0.919. The fourth-order valence-electron chi connectivity index (χ4n) is 2.12. The molecule has 5 nitrogen and oxygen atoms in total. The molecular weight excluding hydrogens is 246 g/mol. The summed E-state index contributed by atoms with van der Waals surface area (Å²) in [6, 6.07) is 0. The Kier molecular flexibility index (Phi) is 2.86. The van der Waals surface area contributed by atoms with E-state index in [-0.39, 0.29) is 5.54 Å². The molecule has 1 aliphatic carbocycles. The first kappa shape index (κ1) is 12.0. The van der Waals surface area contributed by atoms with Crippen molar-refractivity contribution in [3.8, 4) is 0 Å². The van der Waals surface area contributed by atoms with E-state index in [1.54, 1.807) is 11.3 Å². The number of fused-ring (bicyclic) bond motifs is 1. The van der Waals surface area contributed by atoms with Gasteiger partial charge in [-0.2, -0.15) is 9.61 Å². The summed E-state index contributed by atoms with van der Waals surface area (Å²) in [6.07, 6.45) is 5.61. The number of hydrogen-bond acceptors (Lipinski definition) is 5. The van der Waals surface area contributed by atoms with Gasteiger partial charge in [-0.25, -0.2) is 0 Å². The Morgan fingerprint density at radius 3 is 2.78 bits per heavy atom. The lowest BCUT2D eigenvalue weighted by Crippen LogP contribution is -2.32. The maximum atomic E-state index is 6.00. The number of hydrogen-bond donors (Lipinski definition) is 1. The summed E-state index contributed by atoms with van der Waals surface area (Å²) in [7, 11) is 0. The highest BCUT2D eigenvalue weighted by molar-refractivity contribution is 7.16. The third-order valence-electron chi connectivity index (χ3n) is 3.51. The molecule has 18 heavy (non-hydrogen) atoms. The van der Waals surface area contributed by atoms with Crippen molar-refractivity contribution in [2.24, 2.45) is 5.73 Å². The molecule has 0 aliphatic heterocycles. The molecule has 0 unspecified atom stereocenters. The zero-order valence-corrected chi connectivity index (χ0v) is 11.7. The molecule has 6 heteroatoms. The van der Waals surface area contributed by atoms with Gasteiger partial charge in [0.1, 0.15) is 5.01 Å². The second-order valence-corrected chi connectivity index (χ2v) is 6.91. The van der Waals surface area contributed by atoms with Gasteiger partial charge < -0.3 is 5.73 Å². The molecule has 0 bridgehead atoms. The van der Waals surface area contributed by atoms with E-state index in [9.17, 15) is 0 Å². The van der Waals surface area contributed by atoms with Gasteiger partial charge in [0.2, 0.25) is 4.96 Å². The third-order valence-corrected chi connectivity index (χ3v) is 4.47. The van der Waals surface area contributed by atoms with Gasteiger partial charge in [0.15, 0.2) is 5.82 Å². The molecule has 2 aromatic rings. The van der Waals surface area contributed by atoms with Gasteiger partial charge in [-0.05, 0) is 33.1 Å². The SMILES string of the molecule is CC(C)(N)CCc1nn2c(C3CCC3)nnc2s1. The van der Waals surface area contributed by atoms with Crippen LogP contribution in [0.3, 0.4) is 0 Å². The van der Waals surface area contributed by atoms with Crippen LogP contribution in [0.25, 0.3) is 4.96 Å². The number of aryl methyl sites for hydroxylation is 1. The Balaban J connectivity index is 1.80. The van der Waals surface area contributed by atoms with Crippen molar-refractivity contribution in [3.63, 3.8) is 0 Å². The van der Waals surface area contributed by atoms with Crippen LogP contribution in [0.15, 0.2) is 0 Å². The smallest absolute Gasteiger partial charge is 0.234 e. The highest BCUT2D eigenvalue weighted by Crippen LogP contribution is 2.35. The Bertz CT molecular complexity index is 546. The van der Waals surface area contributed by atoms with Crippen LogP contribution in [0.1, 0.15) is 56.3 Å². The fourth-order valence-corrected chi connectivity index (χ4v) is 2.96. The Morgan fingerprint density at radius 2 is 2.17 bits per heavy atom. The van der Waals surface area contributed by atoms with E-state index >= 15 is 0 Å². The number of nitrogens with two attached hydrogens (primary N) is 1. The van der Waals surface area contributed by atoms with E-state index in [0.717, 1.165) is 28.6 Å². The normalized spacial score (nSPS) is 17.3. The summed E-state index contributed by atoms with van der Waals surface area (Å²) in [5.74, 6) is 1.62. The third kappa shape index (κ3) is 2.27. The second-order valence-electron chi connectivity index (χ2n) is 5.86. The highest BCUT2D eigenvalue weighted by atomic mass is 32.1. The van der Waals surface area contributed by atoms with E-state index in [1.807, 2.05) is 18.4 Å². The Hall–Kier alpha value is -1.01. The lowest BCUT2D eigenvalue weighted by molar-refractivity contribution is 0.394. The van der Waals surface area contributed by atoms with Gasteiger partial charge >= 0.3 is 0 Å². The van der Waals surface area contributed by atoms with E-state index in [0.29, 0.717) is 5.92 Å². The number of rotatable bonds is 4. The van der Waals surface area contributed by atoms with Crippen LogP contribution < -0.4 is 5.73 Å². The fraction of sp³-hybridized carbons (Fsp3) is 0.750. The van der Waals surface area contributed by atoms with Crippen molar-refractivity contribution in [1.29, 1.82) is 0 Å². The maximum Gasteiger partial charge on any atom is 0.234 e. The topological polar surface area (TPSA) is 69.1 Å². The van der Waals surface area contributed by atoms with Gasteiger partial charge in [0, 0.05) is 17.9 Å². The molecule has 0 saturated heterocycles. The molecule has 1 aliphatic rings. The maximum absolute atomic E-state index is 6.00. The summed E-state index contributed by atoms with van der Waals surface area (Å²) in [6.45, 7) is 4.10. The molecule has 2 N–H and O–H groups in total. The van der Waals surface area contributed by atoms with E-state index in [4.69, 9.17) is 5.73 Å². The first-order valence-corrected chi connectivity index (χ1v) is 7.34. The monoisotopic (exact) mass is 265 g/mol. The minimum Gasteiger partial charge on any atom is -0.326 e. The van der Waals surface area contributed by atoms with Crippen molar-refractivity contribution in [3.05, 3.63) is 10.8 Å². The van der Waals surface area contributed by atoms with Crippen molar-refractivity contribution >= 4 is 16.3 Å². The van der Waals surface area contributed by atoms with Gasteiger partial charge in [0.25, 0.3) is 0 Å². The van der Waals surface area contributed by atoms with Crippen LogP contribution >= 0.6 is 11.3 Å². The first-order chi connectivity index (χ1) is 8.53. The van der Waals surface area contributed by atoms with Crippen molar-refractivity contribution in [1.82, 2.24) is 19.8 Å². The molecule has 0 aromatic carbocycles. The lowest BCUT2D eigenvalue weighted by atomic mass is 9.85. The van der Waals surface area contributed by atoms with Crippen LogP contribution in [0.2, 0.25) is 0 Å². The van der Waals surface area contributed by atoms with Gasteiger partial charge in [-0.3, -0.25) is 0 Å². The van der Waals surface area contributed by atoms with Crippen LogP contribution in [-0.4, -0.2) is 25.4 Å². The highest BCUT2D eigenvalue weighted by Gasteiger charge is 2.26. The zero-order valence-electron chi connectivity index (χ0n) is 10.9. The van der Waals surface area contributed by atoms with Crippen molar-refractivity contribution < 1.29 is 0 Å². The van der Waals surface area contributed by atoms with E-state index in [1.165, 1.54) is 19.3 Å². The molecule has 0 radical (unpaired) electrons. The van der Waals surface area contributed by atoms with E-state index < -0.39 is 0 Å². The van der Waals surface area contributed by atoms with Crippen LogP contribution in [0, 0.1) is 0 Å². The zero-order chi connectivity index (χ0) is 12.8. The van der Waals surface area contributed by atoms with Gasteiger partial charge in [-0.15, -0.1) is 10.2 Å². The van der Waals surface area contributed by atoms with E-state index in [2.05, 4.69) is 15.3 Å². The largest absolute Gasteiger partial charge is 0.326 e. The summed E-state index contributed by atoms with van der Waals surface area (Å²) in [5.41, 5.74) is 5.87. The minimum atomic E-state index is -0.136. The lowest BCUT2D eigenvalue weighted by Gasteiger charge is -2.22. The average Bonchev–Trinajstić information content (AvgIpc) is 2.73. The molecule has 0 spiro atoms. The van der Waals surface area contributed by atoms with Crippen molar-refractivity contribution in [2.45, 2.75) is 57.4 Å². The van der Waals surface area contributed by atoms with Gasteiger partial charge in [-0.1, -0.05) is 17.8 Å². The number of nitrogens with zero attached hydrogens (tertiary/aromatic N) is 4. The Labute approximate surface area is 110 Å². The average molecular weight is 265 g/mol. The van der Waals surface area contributed by atoms with Crippen LogP contribution in [0.5, 0.6) is 0 Å². The van der Waals surface area contributed by atoms with Crippen LogP contribution in [0.4, 0.5) is 0 Å². The summed E-state index contributed by atoms with van der Waals surface area (Å²) < 4.78 is 1.94. The van der Waals surface area contributed by atoms with Crippen molar-refractivity contribution in [2.75, 3.05) is 0 Å². The Morgan fingerprint density at radius 1 is 1.39 bits per heavy atom.